The van der Waals surface area contributed by atoms with Gasteiger partial charge in [-0.2, -0.15) is 0 Å². The first-order chi connectivity index (χ1) is 6.31. The fourth-order valence-electron chi connectivity index (χ4n) is 1.59. The highest BCUT2D eigenvalue weighted by Gasteiger charge is 2.16. The van der Waals surface area contributed by atoms with Gasteiger partial charge in [0, 0.05) is 0 Å². The summed E-state index contributed by atoms with van der Waals surface area (Å²) in [4.78, 5) is 0. The van der Waals surface area contributed by atoms with Crippen molar-refractivity contribution in [2.45, 2.75) is 19.3 Å². The summed E-state index contributed by atoms with van der Waals surface area (Å²) in [7, 11) is 0. The molecule has 1 aromatic rings. The molecule has 1 aliphatic rings. The predicted octanol–water partition coefficient (Wildman–Crippen LogP) is 1.69. The Balaban J connectivity index is 2.41. The van der Waals surface area contributed by atoms with Gasteiger partial charge < -0.3 is 10.5 Å². The molecule has 0 aromatic heterocycles. The number of hydrogen-bond donors (Lipinski definition) is 1. The summed E-state index contributed by atoms with van der Waals surface area (Å²) in [5, 5.41) is 0. The Morgan fingerprint density at radius 1 is 1.54 bits per heavy atom. The Morgan fingerprint density at radius 3 is 3.15 bits per heavy atom. The van der Waals surface area contributed by atoms with E-state index in [9.17, 15) is 4.39 Å². The maximum Gasteiger partial charge on any atom is 0.115 e. The lowest BCUT2D eigenvalue weighted by Crippen LogP contribution is -2.23. The largest absolute Gasteiger partial charge is 0.375 e. The molecule has 1 atom stereocenters. The second-order valence-electron chi connectivity index (χ2n) is 3.29. The van der Waals surface area contributed by atoms with E-state index in [1.807, 2.05) is 12.1 Å². The Kier molecular flexibility index (Phi) is 2.29. The van der Waals surface area contributed by atoms with E-state index in [1.54, 1.807) is 6.07 Å². The molecule has 1 unspecified atom stereocenters. The molecule has 0 aliphatic carbocycles. The lowest BCUT2D eigenvalue weighted by molar-refractivity contribution is 0.0923. The molecule has 1 aromatic carbocycles. The Hall–Kier alpha value is -0.930. The summed E-state index contributed by atoms with van der Waals surface area (Å²) in [5.41, 5.74) is 8.62. The van der Waals surface area contributed by atoms with Gasteiger partial charge in [-0.25, -0.2) is 4.39 Å². The van der Waals surface area contributed by atoms with Crippen molar-refractivity contribution in [3.63, 3.8) is 0 Å². The average Bonchev–Trinajstić information content (AvgIpc) is 2.18. The topological polar surface area (TPSA) is 35.2 Å². The molecule has 2 rings (SSSR count). The number of fused-ring (bicyclic) bond motifs is 1. The van der Waals surface area contributed by atoms with E-state index in [0.717, 1.165) is 11.1 Å². The van der Waals surface area contributed by atoms with Crippen LogP contribution in [0, 0.1) is 0 Å². The third-order valence-electron chi connectivity index (χ3n) is 2.32. The van der Waals surface area contributed by atoms with Crippen molar-refractivity contribution in [3.8, 4) is 0 Å². The Bertz CT molecular complexity index is 314. The number of halogens is 1. The van der Waals surface area contributed by atoms with Crippen molar-refractivity contribution < 1.29 is 9.13 Å². The van der Waals surface area contributed by atoms with Gasteiger partial charge in [-0.3, -0.25) is 0 Å². The highest BCUT2D eigenvalue weighted by Crippen LogP contribution is 2.24. The van der Waals surface area contributed by atoms with E-state index in [0.29, 0.717) is 18.8 Å². The van der Waals surface area contributed by atoms with E-state index in [4.69, 9.17) is 10.5 Å². The minimum absolute atomic E-state index is 0.102. The zero-order chi connectivity index (χ0) is 9.26. The summed E-state index contributed by atoms with van der Waals surface area (Å²) in [6.07, 6.45) is 0. The van der Waals surface area contributed by atoms with Crippen LogP contribution in [-0.4, -0.2) is 6.61 Å². The Labute approximate surface area is 76.5 Å². The van der Waals surface area contributed by atoms with Gasteiger partial charge in [0.1, 0.15) is 6.67 Å². The van der Waals surface area contributed by atoms with Gasteiger partial charge in [0.2, 0.25) is 0 Å². The fourth-order valence-corrected chi connectivity index (χ4v) is 1.59. The molecule has 70 valence electrons. The van der Waals surface area contributed by atoms with E-state index >= 15 is 0 Å². The second kappa shape index (κ2) is 3.44. The average molecular weight is 181 g/mol. The summed E-state index contributed by atoms with van der Waals surface area (Å²) >= 11 is 0. The molecular weight excluding hydrogens is 169 g/mol. The molecular formula is C10H12FNO. The highest BCUT2D eigenvalue weighted by atomic mass is 19.1. The maximum atomic E-state index is 12.4. The molecule has 0 saturated carbocycles. The van der Waals surface area contributed by atoms with Crippen LogP contribution in [0.25, 0.3) is 0 Å². The molecule has 3 heteroatoms. The number of rotatable bonds is 1. The van der Waals surface area contributed by atoms with Crippen molar-refractivity contribution >= 4 is 0 Å². The lowest BCUT2D eigenvalue weighted by Gasteiger charge is -2.22. The molecule has 1 heterocycles. The molecule has 0 saturated heterocycles. The number of ether oxygens (including phenoxy) is 1. The van der Waals surface area contributed by atoms with E-state index in [1.165, 1.54) is 0 Å². The van der Waals surface area contributed by atoms with Gasteiger partial charge in [-0.1, -0.05) is 18.2 Å². The van der Waals surface area contributed by atoms with Crippen molar-refractivity contribution in [1.82, 2.24) is 0 Å². The van der Waals surface area contributed by atoms with Crippen LogP contribution in [0.4, 0.5) is 4.39 Å². The van der Waals surface area contributed by atoms with Crippen LogP contribution in [0.3, 0.4) is 0 Å². The van der Waals surface area contributed by atoms with Crippen LogP contribution in [0.15, 0.2) is 18.2 Å². The molecule has 0 fully saturated rings. The standard InChI is InChI=1S/C10H12FNO/c11-4-7-1-2-8-5-13-6-10(12)9(8)3-7/h1-3,10H,4-6,12H2. The molecule has 0 spiro atoms. The summed E-state index contributed by atoms with van der Waals surface area (Å²) in [6.45, 7) is 0.694. The monoisotopic (exact) mass is 181 g/mol. The maximum absolute atomic E-state index is 12.4. The smallest absolute Gasteiger partial charge is 0.115 e. The van der Waals surface area contributed by atoms with Crippen LogP contribution in [0.5, 0.6) is 0 Å². The molecule has 0 amide bonds. The van der Waals surface area contributed by atoms with Gasteiger partial charge in [-0.15, -0.1) is 0 Å². The zero-order valence-electron chi connectivity index (χ0n) is 7.29. The van der Waals surface area contributed by atoms with Gasteiger partial charge >= 0.3 is 0 Å². The molecule has 2 nitrogen and oxygen atoms in total. The third-order valence-corrected chi connectivity index (χ3v) is 2.32. The molecule has 0 bridgehead atoms. The molecule has 2 N–H and O–H groups in total. The van der Waals surface area contributed by atoms with Crippen LogP contribution >= 0.6 is 0 Å². The first-order valence-electron chi connectivity index (χ1n) is 4.32. The first-order valence-corrected chi connectivity index (χ1v) is 4.32. The van der Waals surface area contributed by atoms with Crippen molar-refractivity contribution in [2.24, 2.45) is 5.73 Å². The lowest BCUT2D eigenvalue weighted by atomic mass is 9.97. The minimum atomic E-state index is -0.430. The SMILES string of the molecule is NC1COCc2ccc(CF)cc21. The predicted molar refractivity (Wildman–Crippen MR) is 47.8 cm³/mol. The van der Waals surface area contributed by atoms with E-state index < -0.39 is 6.67 Å². The normalized spacial score (nSPS) is 21.2. The zero-order valence-corrected chi connectivity index (χ0v) is 7.29. The number of alkyl halides is 1. The van der Waals surface area contributed by atoms with Crippen molar-refractivity contribution in [1.29, 1.82) is 0 Å². The van der Waals surface area contributed by atoms with Crippen LogP contribution < -0.4 is 5.73 Å². The quantitative estimate of drug-likeness (QED) is 0.715. The van der Waals surface area contributed by atoms with Crippen LogP contribution in [-0.2, 0) is 18.0 Å². The van der Waals surface area contributed by atoms with Crippen LogP contribution in [0.1, 0.15) is 22.7 Å². The first kappa shape index (κ1) is 8.66. The number of benzene rings is 1. The Morgan fingerprint density at radius 2 is 2.38 bits per heavy atom. The van der Waals surface area contributed by atoms with Gasteiger partial charge in [0.25, 0.3) is 0 Å². The summed E-state index contributed by atoms with van der Waals surface area (Å²) in [5.74, 6) is 0. The van der Waals surface area contributed by atoms with Crippen LogP contribution in [0.2, 0.25) is 0 Å². The van der Waals surface area contributed by atoms with E-state index in [2.05, 4.69) is 0 Å². The minimum Gasteiger partial charge on any atom is -0.375 e. The number of nitrogens with two attached hydrogens (primary N) is 1. The van der Waals surface area contributed by atoms with Gasteiger partial charge in [0.05, 0.1) is 19.3 Å². The van der Waals surface area contributed by atoms with Crippen molar-refractivity contribution in [2.75, 3.05) is 6.61 Å². The summed E-state index contributed by atoms with van der Waals surface area (Å²) in [6, 6.07) is 5.40. The number of hydrogen-bond acceptors (Lipinski definition) is 2. The molecule has 1 aliphatic heterocycles. The highest BCUT2D eigenvalue weighted by molar-refractivity contribution is 5.34. The fraction of sp³-hybridized carbons (Fsp3) is 0.400. The van der Waals surface area contributed by atoms with E-state index in [-0.39, 0.29) is 6.04 Å². The molecule has 0 radical (unpaired) electrons. The van der Waals surface area contributed by atoms with Crippen molar-refractivity contribution in [3.05, 3.63) is 34.9 Å². The molecule has 13 heavy (non-hydrogen) atoms. The third kappa shape index (κ3) is 1.57. The second-order valence-corrected chi connectivity index (χ2v) is 3.29. The summed E-state index contributed by atoms with van der Waals surface area (Å²) < 4.78 is 17.6. The van der Waals surface area contributed by atoms with Gasteiger partial charge in [0.15, 0.2) is 0 Å². The van der Waals surface area contributed by atoms with Gasteiger partial charge in [-0.05, 0) is 16.7 Å².